The van der Waals surface area contributed by atoms with E-state index in [-0.39, 0.29) is 11.6 Å². The molecule has 2 aromatic heterocycles. The number of anilines is 2. The Kier molecular flexibility index (Phi) is 8.80. The number of nitrogens with one attached hydrogen (secondary N) is 3. The monoisotopic (exact) mass is 484 g/mol. The summed E-state index contributed by atoms with van der Waals surface area (Å²) >= 11 is 0. The molecule has 3 rings (SSSR count). The van der Waals surface area contributed by atoms with Crippen molar-refractivity contribution in [3.8, 4) is 0 Å². The van der Waals surface area contributed by atoms with Crippen LogP contribution in [-0.4, -0.2) is 39.5 Å². The van der Waals surface area contributed by atoms with Crippen LogP contribution in [0.2, 0.25) is 0 Å². The predicted octanol–water partition coefficient (Wildman–Crippen LogP) is 5.68. The Morgan fingerprint density at radius 3 is 2.57 bits per heavy atom. The lowest BCUT2D eigenvalue weighted by atomic mass is 10.0. The van der Waals surface area contributed by atoms with Gasteiger partial charge in [0.2, 0.25) is 0 Å². The summed E-state index contributed by atoms with van der Waals surface area (Å²) in [7, 11) is 0. The van der Waals surface area contributed by atoms with Crippen molar-refractivity contribution in [3.63, 3.8) is 0 Å². The first-order chi connectivity index (χ1) is 16.4. The number of aromatic nitrogens is 3. The largest absolute Gasteiger partial charge is 0.444 e. The van der Waals surface area contributed by atoms with Crippen LogP contribution in [-0.2, 0) is 16.8 Å². The molecule has 194 valence electrons. The van der Waals surface area contributed by atoms with Crippen molar-refractivity contribution in [3.05, 3.63) is 35.7 Å². The van der Waals surface area contributed by atoms with Crippen LogP contribution in [0, 0.1) is 5.92 Å². The molecule has 0 aliphatic heterocycles. The van der Waals surface area contributed by atoms with Crippen molar-refractivity contribution in [2.45, 2.75) is 97.8 Å². The van der Waals surface area contributed by atoms with Crippen LogP contribution < -0.4 is 16.0 Å². The Morgan fingerprint density at radius 1 is 1.14 bits per heavy atom. The maximum Gasteiger partial charge on any atom is 0.407 e. The molecule has 2 aromatic rings. The van der Waals surface area contributed by atoms with Gasteiger partial charge in [-0.3, -0.25) is 0 Å². The van der Waals surface area contributed by atoms with Gasteiger partial charge in [0.15, 0.2) is 0 Å². The zero-order valence-corrected chi connectivity index (χ0v) is 22.6. The summed E-state index contributed by atoms with van der Waals surface area (Å²) in [4.78, 5) is 16.5. The molecular weight excluding hydrogens is 440 g/mol. The molecule has 0 bridgehead atoms. The second-order valence-electron chi connectivity index (χ2n) is 11.8. The van der Waals surface area contributed by atoms with Crippen LogP contribution in [0.15, 0.2) is 24.3 Å². The molecule has 0 saturated heterocycles. The first-order valence-corrected chi connectivity index (χ1v) is 12.9. The summed E-state index contributed by atoms with van der Waals surface area (Å²) in [6.07, 6.45) is 4.15. The highest BCUT2D eigenvalue weighted by Crippen LogP contribution is 2.39. The van der Waals surface area contributed by atoms with Crippen LogP contribution >= 0.6 is 0 Å². The van der Waals surface area contributed by atoms with Gasteiger partial charge in [-0.15, -0.1) is 0 Å². The smallest absolute Gasteiger partial charge is 0.407 e. The van der Waals surface area contributed by atoms with E-state index in [1.165, 1.54) is 25.0 Å². The molecule has 1 amide bonds. The van der Waals surface area contributed by atoms with Crippen molar-refractivity contribution >= 4 is 17.7 Å². The fourth-order valence-corrected chi connectivity index (χ4v) is 4.39. The van der Waals surface area contributed by atoms with Gasteiger partial charge in [-0.05, 0) is 85.4 Å². The molecule has 35 heavy (non-hydrogen) atoms. The van der Waals surface area contributed by atoms with Gasteiger partial charge in [0, 0.05) is 25.1 Å². The summed E-state index contributed by atoms with van der Waals surface area (Å²) in [6, 6.07) is 8.24. The third kappa shape index (κ3) is 8.53. The zero-order valence-electron chi connectivity index (χ0n) is 22.6. The van der Waals surface area contributed by atoms with Gasteiger partial charge >= 0.3 is 6.09 Å². The Balaban J connectivity index is 1.53. The zero-order chi connectivity index (χ0) is 25.6. The fourth-order valence-electron chi connectivity index (χ4n) is 4.39. The summed E-state index contributed by atoms with van der Waals surface area (Å²) < 4.78 is 7.34. The summed E-state index contributed by atoms with van der Waals surface area (Å²) in [5.41, 5.74) is 1.54. The normalized spacial score (nSPS) is 18.5. The van der Waals surface area contributed by atoms with E-state index in [0.29, 0.717) is 19.0 Å². The van der Waals surface area contributed by atoms with E-state index in [0.717, 1.165) is 36.2 Å². The molecule has 8 heteroatoms. The first kappa shape index (κ1) is 27.0. The third-order valence-corrected chi connectivity index (χ3v) is 6.04. The molecular formula is C27H44N6O2. The van der Waals surface area contributed by atoms with Crippen molar-refractivity contribution in [1.29, 1.82) is 0 Å². The molecule has 2 atom stereocenters. The van der Waals surface area contributed by atoms with E-state index >= 15 is 0 Å². The third-order valence-electron chi connectivity index (χ3n) is 6.04. The number of carbonyl (C=O) groups excluding carboxylic acids is 1. The highest BCUT2D eigenvalue weighted by Gasteiger charge is 2.28. The van der Waals surface area contributed by atoms with Gasteiger partial charge in [0.1, 0.15) is 17.2 Å². The van der Waals surface area contributed by atoms with Gasteiger partial charge < -0.3 is 20.7 Å². The summed E-state index contributed by atoms with van der Waals surface area (Å²) in [5, 5.41) is 14.7. The summed E-state index contributed by atoms with van der Waals surface area (Å²) in [6.45, 7) is 16.4. The minimum Gasteiger partial charge on any atom is -0.444 e. The Labute approximate surface area is 210 Å². The lowest BCUT2D eigenvalue weighted by molar-refractivity contribution is 0.0527. The molecule has 1 saturated carbocycles. The van der Waals surface area contributed by atoms with Gasteiger partial charge in [0.05, 0.1) is 16.9 Å². The molecule has 0 radical (unpaired) electrons. The van der Waals surface area contributed by atoms with Crippen molar-refractivity contribution in [2.75, 3.05) is 18.4 Å². The van der Waals surface area contributed by atoms with Gasteiger partial charge in [-0.2, -0.15) is 5.10 Å². The lowest BCUT2D eigenvalue weighted by Crippen LogP contribution is -2.33. The van der Waals surface area contributed by atoms with Crippen LogP contribution in [0.5, 0.6) is 0 Å². The molecule has 1 aliphatic rings. The number of alkyl carbamates (subject to hydrolysis) is 1. The SMILES string of the molecule is C[C@@H]1CC[C@H](c2cc(Nc3cccc(CNCCCNC(=O)OC(C)(C)C)n3)n(C(C)(C)C)n2)C1. The number of amides is 1. The number of pyridine rings is 1. The number of hydrogen-bond donors (Lipinski definition) is 3. The number of rotatable bonds is 9. The van der Waals surface area contributed by atoms with Crippen molar-refractivity contribution in [2.24, 2.45) is 5.92 Å². The quantitative estimate of drug-likeness (QED) is 0.396. The van der Waals surface area contributed by atoms with Crippen LogP contribution in [0.1, 0.15) is 91.5 Å². The van der Waals surface area contributed by atoms with E-state index in [1.807, 2.05) is 39.0 Å². The number of nitrogens with zero attached hydrogens (tertiary/aromatic N) is 3. The van der Waals surface area contributed by atoms with E-state index in [1.54, 1.807) is 0 Å². The lowest BCUT2D eigenvalue weighted by Gasteiger charge is -2.22. The first-order valence-electron chi connectivity index (χ1n) is 12.9. The summed E-state index contributed by atoms with van der Waals surface area (Å²) in [5.74, 6) is 3.11. The second-order valence-corrected chi connectivity index (χ2v) is 11.8. The standard InChI is InChI=1S/C27H44N6O2/c1-19-12-13-20(16-19)22-17-24(33(32-22)26(2,3)4)31-23-11-8-10-21(30-23)18-28-14-9-15-29-25(34)35-27(5,6)7/h8,10-11,17,19-20,28H,9,12-16,18H2,1-7H3,(H,29,34)(H,30,31)/t19-,20+/m1/s1. The number of carbonyl (C=O) groups is 1. The van der Waals surface area contributed by atoms with E-state index in [9.17, 15) is 4.79 Å². The van der Waals surface area contributed by atoms with Crippen molar-refractivity contribution < 1.29 is 9.53 Å². The molecule has 1 aliphatic carbocycles. The maximum absolute atomic E-state index is 11.7. The van der Waals surface area contributed by atoms with E-state index in [4.69, 9.17) is 14.8 Å². The van der Waals surface area contributed by atoms with Crippen molar-refractivity contribution in [1.82, 2.24) is 25.4 Å². The van der Waals surface area contributed by atoms with Crippen LogP contribution in [0.25, 0.3) is 0 Å². The minimum absolute atomic E-state index is 0.128. The number of ether oxygens (including phenoxy) is 1. The van der Waals surface area contributed by atoms with E-state index in [2.05, 4.69) is 54.4 Å². The highest BCUT2D eigenvalue weighted by molar-refractivity contribution is 5.67. The Morgan fingerprint density at radius 2 is 1.91 bits per heavy atom. The molecule has 3 N–H and O–H groups in total. The van der Waals surface area contributed by atoms with Gasteiger partial charge in [0.25, 0.3) is 0 Å². The Bertz CT molecular complexity index is 973. The molecule has 0 spiro atoms. The molecule has 2 heterocycles. The molecule has 0 aromatic carbocycles. The molecule has 1 fully saturated rings. The number of hydrogen-bond acceptors (Lipinski definition) is 6. The average Bonchev–Trinajstić information content (AvgIpc) is 3.36. The van der Waals surface area contributed by atoms with E-state index < -0.39 is 5.60 Å². The van der Waals surface area contributed by atoms with Crippen LogP contribution in [0.4, 0.5) is 16.4 Å². The Hall–Kier alpha value is -2.61. The molecule has 0 unspecified atom stereocenters. The van der Waals surface area contributed by atoms with Gasteiger partial charge in [-0.1, -0.05) is 19.4 Å². The van der Waals surface area contributed by atoms with Gasteiger partial charge in [-0.25, -0.2) is 14.5 Å². The topological polar surface area (TPSA) is 93.1 Å². The fraction of sp³-hybridized carbons (Fsp3) is 0.667. The minimum atomic E-state index is -0.478. The predicted molar refractivity (Wildman–Crippen MR) is 141 cm³/mol. The average molecular weight is 485 g/mol. The highest BCUT2D eigenvalue weighted by atomic mass is 16.6. The molecule has 8 nitrogen and oxygen atoms in total. The van der Waals surface area contributed by atoms with Crippen LogP contribution in [0.3, 0.4) is 0 Å². The maximum atomic E-state index is 11.7. The second kappa shape index (κ2) is 11.4.